The number of carbonyl (C=O) groups is 1. The van der Waals surface area contributed by atoms with Crippen LogP contribution >= 0.6 is 10.7 Å². The van der Waals surface area contributed by atoms with Gasteiger partial charge in [0.1, 0.15) is 0 Å². The molecule has 0 saturated carbocycles. The molecule has 0 bridgehead atoms. The summed E-state index contributed by atoms with van der Waals surface area (Å²) < 4.78 is 22.3. The van der Waals surface area contributed by atoms with Gasteiger partial charge in [-0.1, -0.05) is 12.1 Å². The summed E-state index contributed by atoms with van der Waals surface area (Å²) >= 11 is 0. The van der Waals surface area contributed by atoms with E-state index in [-0.39, 0.29) is 24.0 Å². The van der Waals surface area contributed by atoms with Gasteiger partial charge < -0.3 is 9.80 Å². The molecule has 2 rings (SSSR count). The van der Waals surface area contributed by atoms with E-state index in [0.717, 1.165) is 18.8 Å². The molecule has 128 valence electrons. The standard InChI is InChI=1S/C16H23ClN2O3S/c1-3-18(15-6-4-5-13(2)9-15)7-8-19-11-14(10-16(19)20)12-23(17,21)22/h4-6,9,14H,3,7-8,10-12H2,1-2H3. The smallest absolute Gasteiger partial charge is 0.232 e. The second kappa shape index (κ2) is 7.53. The number of likely N-dealkylation sites (N-methyl/N-ethyl adjacent to an activating group) is 1. The fraction of sp³-hybridized carbons (Fsp3) is 0.562. The maximum absolute atomic E-state index is 12.0. The zero-order valence-corrected chi connectivity index (χ0v) is 15.1. The van der Waals surface area contributed by atoms with Crippen LogP contribution in [0, 0.1) is 12.8 Å². The molecule has 1 aromatic rings. The highest BCUT2D eigenvalue weighted by atomic mass is 35.7. The molecule has 23 heavy (non-hydrogen) atoms. The summed E-state index contributed by atoms with van der Waals surface area (Å²) in [4.78, 5) is 16.0. The Kier molecular flexibility index (Phi) is 5.92. The van der Waals surface area contributed by atoms with Crippen LogP contribution in [0.2, 0.25) is 0 Å². The third-order valence-corrected chi connectivity index (χ3v) is 5.37. The largest absolute Gasteiger partial charge is 0.370 e. The number of rotatable bonds is 7. The van der Waals surface area contributed by atoms with E-state index in [9.17, 15) is 13.2 Å². The van der Waals surface area contributed by atoms with Crippen molar-refractivity contribution in [3.63, 3.8) is 0 Å². The van der Waals surface area contributed by atoms with Gasteiger partial charge in [0.05, 0.1) is 5.75 Å². The molecular weight excluding hydrogens is 336 g/mol. The van der Waals surface area contributed by atoms with Crippen LogP contribution in [0.5, 0.6) is 0 Å². The number of amides is 1. The number of aryl methyl sites for hydroxylation is 1. The van der Waals surface area contributed by atoms with E-state index in [1.807, 2.05) is 6.07 Å². The van der Waals surface area contributed by atoms with Crippen LogP contribution in [0.4, 0.5) is 5.69 Å². The molecule has 5 nitrogen and oxygen atoms in total. The minimum Gasteiger partial charge on any atom is -0.370 e. The molecule has 1 atom stereocenters. The van der Waals surface area contributed by atoms with Crippen LogP contribution in [-0.2, 0) is 13.8 Å². The molecule has 0 radical (unpaired) electrons. The van der Waals surface area contributed by atoms with Gasteiger partial charge in [-0.25, -0.2) is 8.42 Å². The lowest BCUT2D eigenvalue weighted by Gasteiger charge is -2.26. The summed E-state index contributed by atoms with van der Waals surface area (Å²) in [5.74, 6) is -0.318. The Bertz CT molecular complexity index is 663. The highest BCUT2D eigenvalue weighted by Gasteiger charge is 2.32. The SMILES string of the molecule is CCN(CCN1CC(CS(=O)(=O)Cl)CC1=O)c1cccc(C)c1. The molecule has 0 spiro atoms. The molecule has 1 aliphatic rings. The summed E-state index contributed by atoms with van der Waals surface area (Å²) in [5, 5.41) is 0. The second-order valence-corrected chi connectivity index (χ2v) is 8.86. The molecule has 1 heterocycles. The zero-order chi connectivity index (χ0) is 17.0. The number of nitrogens with zero attached hydrogens (tertiary/aromatic N) is 2. The van der Waals surface area contributed by atoms with Gasteiger partial charge >= 0.3 is 0 Å². The van der Waals surface area contributed by atoms with Crippen molar-refractivity contribution in [3.8, 4) is 0 Å². The maximum Gasteiger partial charge on any atom is 0.232 e. The van der Waals surface area contributed by atoms with Gasteiger partial charge in [-0.3, -0.25) is 4.79 Å². The minimum absolute atomic E-state index is 0.00983. The van der Waals surface area contributed by atoms with E-state index in [1.165, 1.54) is 5.56 Å². The van der Waals surface area contributed by atoms with Crippen molar-refractivity contribution < 1.29 is 13.2 Å². The number of carbonyl (C=O) groups excluding carboxylic acids is 1. The first kappa shape index (κ1) is 18.1. The van der Waals surface area contributed by atoms with Crippen molar-refractivity contribution in [2.24, 2.45) is 5.92 Å². The fourth-order valence-corrected chi connectivity index (χ4v) is 4.32. The Morgan fingerprint density at radius 1 is 1.39 bits per heavy atom. The van der Waals surface area contributed by atoms with E-state index in [0.29, 0.717) is 13.1 Å². The lowest BCUT2D eigenvalue weighted by Crippen LogP contribution is -2.36. The number of hydrogen-bond acceptors (Lipinski definition) is 4. The Balaban J connectivity index is 1.93. The first-order valence-corrected chi connectivity index (χ1v) is 10.3. The Labute approximate surface area is 142 Å². The van der Waals surface area contributed by atoms with Crippen LogP contribution in [0.1, 0.15) is 18.9 Å². The van der Waals surface area contributed by atoms with E-state index < -0.39 is 9.05 Å². The molecule has 1 amide bonds. The Morgan fingerprint density at radius 2 is 2.13 bits per heavy atom. The molecule has 0 N–H and O–H groups in total. The first-order chi connectivity index (χ1) is 10.8. The van der Waals surface area contributed by atoms with Gasteiger partial charge in [0.15, 0.2) is 0 Å². The molecule has 1 saturated heterocycles. The van der Waals surface area contributed by atoms with Crippen molar-refractivity contribution in [2.45, 2.75) is 20.3 Å². The van der Waals surface area contributed by atoms with E-state index in [4.69, 9.17) is 10.7 Å². The van der Waals surface area contributed by atoms with Crippen molar-refractivity contribution in [1.82, 2.24) is 4.90 Å². The number of likely N-dealkylation sites (tertiary alicyclic amines) is 1. The molecule has 1 fully saturated rings. The summed E-state index contributed by atoms with van der Waals surface area (Å²) in [6, 6.07) is 8.26. The van der Waals surface area contributed by atoms with E-state index in [2.05, 4.69) is 36.9 Å². The maximum atomic E-state index is 12.0. The normalized spacial score (nSPS) is 18.5. The highest BCUT2D eigenvalue weighted by molar-refractivity contribution is 8.13. The van der Waals surface area contributed by atoms with E-state index in [1.54, 1.807) is 4.90 Å². The van der Waals surface area contributed by atoms with Gasteiger partial charge in [-0.2, -0.15) is 0 Å². The topological polar surface area (TPSA) is 57.7 Å². The highest BCUT2D eigenvalue weighted by Crippen LogP contribution is 2.21. The summed E-state index contributed by atoms with van der Waals surface area (Å²) in [6.07, 6.45) is 0.266. The quantitative estimate of drug-likeness (QED) is 0.701. The predicted molar refractivity (Wildman–Crippen MR) is 93.4 cm³/mol. The molecule has 1 unspecified atom stereocenters. The lowest BCUT2D eigenvalue weighted by molar-refractivity contribution is -0.127. The van der Waals surface area contributed by atoms with Gasteiger partial charge in [0.25, 0.3) is 0 Å². The molecule has 1 aliphatic heterocycles. The lowest BCUT2D eigenvalue weighted by atomic mass is 10.1. The summed E-state index contributed by atoms with van der Waals surface area (Å²) in [7, 11) is 1.73. The molecule has 7 heteroatoms. The fourth-order valence-electron chi connectivity index (χ4n) is 3.00. The number of benzene rings is 1. The van der Waals surface area contributed by atoms with Crippen molar-refractivity contribution in [1.29, 1.82) is 0 Å². The third kappa shape index (κ3) is 5.39. The van der Waals surface area contributed by atoms with Crippen molar-refractivity contribution in [3.05, 3.63) is 29.8 Å². The number of anilines is 1. The Morgan fingerprint density at radius 3 is 2.74 bits per heavy atom. The average molecular weight is 359 g/mol. The number of hydrogen-bond donors (Lipinski definition) is 0. The Hall–Kier alpha value is -1.27. The average Bonchev–Trinajstić information content (AvgIpc) is 2.77. The number of halogens is 1. The van der Waals surface area contributed by atoms with Crippen LogP contribution in [0.3, 0.4) is 0 Å². The van der Waals surface area contributed by atoms with Crippen molar-refractivity contribution in [2.75, 3.05) is 36.8 Å². The molecule has 1 aromatic carbocycles. The molecule has 0 aromatic heterocycles. The zero-order valence-electron chi connectivity index (χ0n) is 13.5. The summed E-state index contributed by atoms with van der Waals surface area (Å²) in [5.41, 5.74) is 2.34. The van der Waals surface area contributed by atoms with Crippen LogP contribution < -0.4 is 4.90 Å². The minimum atomic E-state index is -3.56. The van der Waals surface area contributed by atoms with Crippen LogP contribution in [-0.4, -0.2) is 51.2 Å². The van der Waals surface area contributed by atoms with Gasteiger partial charge in [0.2, 0.25) is 15.0 Å². The van der Waals surface area contributed by atoms with E-state index >= 15 is 0 Å². The van der Waals surface area contributed by atoms with Gasteiger partial charge in [-0.05, 0) is 31.5 Å². The van der Waals surface area contributed by atoms with Gasteiger partial charge in [0, 0.05) is 54.9 Å². The first-order valence-electron chi connectivity index (χ1n) is 7.80. The van der Waals surface area contributed by atoms with Crippen LogP contribution in [0.15, 0.2) is 24.3 Å². The third-order valence-electron chi connectivity index (χ3n) is 4.12. The molecular formula is C16H23ClN2O3S. The van der Waals surface area contributed by atoms with Gasteiger partial charge in [-0.15, -0.1) is 0 Å². The second-order valence-electron chi connectivity index (χ2n) is 6.03. The summed E-state index contributed by atoms with van der Waals surface area (Å²) in [6.45, 7) is 6.78. The van der Waals surface area contributed by atoms with Crippen LogP contribution in [0.25, 0.3) is 0 Å². The monoisotopic (exact) mass is 358 g/mol. The van der Waals surface area contributed by atoms with Crippen molar-refractivity contribution >= 4 is 31.3 Å². The molecule has 0 aliphatic carbocycles. The predicted octanol–water partition coefficient (Wildman–Crippen LogP) is 2.24.